The number of rotatable bonds is 6. The van der Waals surface area contributed by atoms with Gasteiger partial charge in [-0.25, -0.2) is 9.78 Å². The van der Waals surface area contributed by atoms with Crippen LogP contribution in [0.2, 0.25) is 0 Å². The van der Waals surface area contributed by atoms with Crippen LogP contribution in [-0.2, 0) is 23.8 Å². The number of fused-ring (bicyclic) bond motifs is 1. The number of nitrogens with one attached hydrogen (secondary N) is 3. The molecule has 0 atom stereocenters. The van der Waals surface area contributed by atoms with Crippen LogP contribution in [0.5, 0.6) is 0 Å². The van der Waals surface area contributed by atoms with Crippen LogP contribution in [0.4, 0.5) is 24.5 Å². The molecule has 35 heavy (non-hydrogen) atoms. The van der Waals surface area contributed by atoms with Crippen molar-refractivity contribution in [2.75, 3.05) is 17.7 Å². The van der Waals surface area contributed by atoms with Crippen molar-refractivity contribution in [1.82, 2.24) is 9.97 Å². The molecule has 6 nitrogen and oxygen atoms in total. The van der Waals surface area contributed by atoms with E-state index >= 15 is 0 Å². The van der Waals surface area contributed by atoms with Gasteiger partial charge < -0.3 is 20.4 Å². The first kappa shape index (κ1) is 24.2. The molecule has 0 radical (unpaired) electrons. The second-order valence-electron chi connectivity index (χ2n) is 7.81. The summed E-state index contributed by atoms with van der Waals surface area (Å²) in [6, 6.07) is 16.1. The van der Waals surface area contributed by atoms with Gasteiger partial charge in [-0.2, -0.15) is 13.2 Å². The number of aromatic amines is 1. The van der Waals surface area contributed by atoms with Crippen molar-refractivity contribution >= 4 is 45.7 Å². The molecule has 0 unspecified atom stereocenters. The highest BCUT2D eigenvalue weighted by Crippen LogP contribution is 2.30. The van der Waals surface area contributed by atoms with Crippen LogP contribution in [0.25, 0.3) is 11.0 Å². The summed E-state index contributed by atoms with van der Waals surface area (Å²) in [5.41, 5.74) is 3.23. The van der Waals surface area contributed by atoms with Crippen LogP contribution in [-0.4, -0.2) is 28.2 Å². The van der Waals surface area contributed by atoms with Gasteiger partial charge in [0.05, 0.1) is 12.7 Å². The minimum atomic E-state index is -4.42. The van der Waals surface area contributed by atoms with E-state index in [9.17, 15) is 18.0 Å². The van der Waals surface area contributed by atoms with E-state index in [1.54, 1.807) is 12.3 Å². The Bertz CT molecular complexity index is 1380. The first-order valence-electron chi connectivity index (χ1n) is 10.6. The molecule has 10 heteroatoms. The van der Waals surface area contributed by atoms with Gasteiger partial charge in [0.15, 0.2) is 5.11 Å². The van der Waals surface area contributed by atoms with Crippen molar-refractivity contribution < 1.29 is 22.7 Å². The molecule has 2 aromatic carbocycles. The first-order chi connectivity index (χ1) is 16.7. The summed E-state index contributed by atoms with van der Waals surface area (Å²) in [5.74, 6) is -0.450. The molecule has 2 aromatic heterocycles. The number of halogens is 3. The van der Waals surface area contributed by atoms with E-state index in [4.69, 9.17) is 17.0 Å². The molecule has 0 saturated heterocycles. The maximum Gasteiger partial charge on any atom is 0.416 e. The number of H-pyrrole nitrogens is 1. The number of benzene rings is 2. The Hall–Kier alpha value is -3.92. The Morgan fingerprint density at radius 1 is 1.00 bits per heavy atom. The highest BCUT2D eigenvalue weighted by atomic mass is 32.1. The number of carbonyl (C=O) groups is 1. The van der Waals surface area contributed by atoms with Gasteiger partial charge in [0, 0.05) is 23.0 Å². The molecule has 0 fully saturated rings. The molecule has 0 bridgehead atoms. The number of thiocarbonyl (C=S) groups is 1. The Kier molecular flexibility index (Phi) is 7.02. The molecule has 0 aliphatic heterocycles. The maximum absolute atomic E-state index is 12.9. The Balaban J connectivity index is 1.37. The summed E-state index contributed by atoms with van der Waals surface area (Å²) in [5, 5.41) is 6.81. The number of methoxy groups -OCH3 is 1. The zero-order valence-electron chi connectivity index (χ0n) is 18.6. The number of hydrogen-bond donors (Lipinski definition) is 3. The van der Waals surface area contributed by atoms with E-state index in [0.717, 1.165) is 41.5 Å². The van der Waals surface area contributed by atoms with Crippen molar-refractivity contribution in [3.8, 4) is 0 Å². The van der Waals surface area contributed by atoms with Crippen molar-refractivity contribution in [3.05, 3.63) is 89.2 Å². The fourth-order valence-corrected chi connectivity index (χ4v) is 3.81. The van der Waals surface area contributed by atoms with Gasteiger partial charge in [0.2, 0.25) is 0 Å². The average molecular weight is 499 g/mol. The summed E-state index contributed by atoms with van der Waals surface area (Å²) in [6.07, 6.45) is -1.22. The molecule has 180 valence electrons. The Morgan fingerprint density at radius 3 is 2.40 bits per heavy atom. The third kappa shape index (κ3) is 6.15. The van der Waals surface area contributed by atoms with Crippen molar-refractivity contribution in [2.24, 2.45) is 0 Å². The summed E-state index contributed by atoms with van der Waals surface area (Å²) in [7, 11) is 1.32. The molecule has 0 aliphatic carbocycles. The smallest absolute Gasteiger partial charge is 0.416 e. The van der Waals surface area contributed by atoms with E-state index in [0.29, 0.717) is 17.0 Å². The maximum atomic E-state index is 12.9. The number of pyridine rings is 1. The van der Waals surface area contributed by atoms with E-state index in [1.807, 2.05) is 30.3 Å². The summed E-state index contributed by atoms with van der Waals surface area (Å²) >= 11 is 5.27. The lowest BCUT2D eigenvalue weighted by atomic mass is 10.0. The number of alkyl halides is 3. The van der Waals surface area contributed by atoms with Crippen LogP contribution >= 0.6 is 12.2 Å². The number of esters is 1. The van der Waals surface area contributed by atoms with Crippen LogP contribution in [0.15, 0.2) is 66.9 Å². The van der Waals surface area contributed by atoms with Gasteiger partial charge in [-0.05, 0) is 78.7 Å². The molecule has 3 N–H and O–H groups in total. The van der Waals surface area contributed by atoms with Crippen LogP contribution < -0.4 is 10.6 Å². The molecule has 0 spiro atoms. The molecule has 0 amide bonds. The quantitative estimate of drug-likeness (QED) is 0.225. The fraction of sp³-hybridized carbons (Fsp3) is 0.160. The second-order valence-corrected chi connectivity index (χ2v) is 8.22. The molecule has 4 rings (SSSR count). The topological polar surface area (TPSA) is 79.0 Å². The second kappa shape index (κ2) is 10.1. The lowest BCUT2D eigenvalue weighted by Gasteiger charge is -2.13. The van der Waals surface area contributed by atoms with Gasteiger partial charge in [-0.3, -0.25) is 0 Å². The third-order valence-corrected chi connectivity index (χ3v) is 5.47. The van der Waals surface area contributed by atoms with Gasteiger partial charge >= 0.3 is 12.1 Å². The number of aryl methyl sites for hydroxylation is 2. The SMILES string of the molecule is COC(=O)c1cc2cc(CCc3cccc(NC(=S)Nc4cccc(C(F)(F)F)c4)c3)cnc2[nH]1. The predicted octanol–water partition coefficient (Wildman–Crippen LogP) is 5.96. The van der Waals surface area contributed by atoms with E-state index in [1.165, 1.54) is 19.2 Å². The first-order valence-corrected chi connectivity index (χ1v) is 11.0. The van der Waals surface area contributed by atoms with Gasteiger partial charge in [0.1, 0.15) is 11.3 Å². The molecular weight excluding hydrogens is 477 g/mol. The van der Waals surface area contributed by atoms with Crippen molar-refractivity contribution in [2.45, 2.75) is 19.0 Å². The molecule has 2 heterocycles. The zero-order valence-corrected chi connectivity index (χ0v) is 19.4. The monoisotopic (exact) mass is 498 g/mol. The van der Waals surface area contributed by atoms with Crippen LogP contribution in [0, 0.1) is 0 Å². The summed E-state index contributed by atoms with van der Waals surface area (Å²) < 4.78 is 43.5. The van der Waals surface area contributed by atoms with Crippen molar-refractivity contribution in [1.29, 1.82) is 0 Å². The molecule has 0 saturated carbocycles. The lowest BCUT2D eigenvalue weighted by Crippen LogP contribution is -2.19. The Labute approximate surface area is 204 Å². The zero-order chi connectivity index (χ0) is 25.0. The number of anilines is 2. The number of hydrogen-bond acceptors (Lipinski definition) is 4. The minimum absolute atomic E-state index is 0.185. The van der Waals surface area contributed by atoms with Gasteiger partial charge in [-0.1, -0.05) is 18.2 Å². The number of nitrogens with zero attached hydrogens (tertiary/aromatic N) is 1. The van der Waals surface area contributed by atoms with Crippen molar-refractivity contribution in [3.63, 3.8) is 0 Å². The van der Waals surface area contributed by atoms with E-state index < -0.39 is 17.7 Å². The number of ether oxygens (including phenoxy) is 1. The van der Waals surface area contributed by atoms with E-state index in [2.05, 4.69) is 20.6 Å². The van der Waals surface area contributed by atoms with Crippen LogP contribution in [0.3, 0.4) is 0 Å². The van der Waals surface area contributed by atoms with Gasteiger partial charge in [0.25, 0.3) is 0 Å². The fourth-order valence-electron chi connectivity index (χ4n) is 3.58. The number of aromatic nitrogens is 2. The minimum Gasteiger partial charge on any atom is -0.464 e. The average Bonchev–Trinajstić information content (AvgIpc) is 3.25. The highest BCUT2D eigenvalue weighted by Gasteiger charge is 2.30. The molecular formula is C25H21F3N4O2S. The Morgan fingerprint density at radius 2 is 1.69 bits per heavy atom. The van der Waals surface area contributed by atoms with Gasteiger partial charge in [-0.15, -0.1) is 0 Å². The largest absolute Gasteiger partial charge is 0.464 e. The number of carbonyl (C=O) groups excluding carboxylic acids is 1. The van der Waals surface area contributed by atoms with Crippen LogP contribution in [0.1, 0.15) is 27.2 Å². The highest BCUT2D eigenvalue weighted by molar-refractivity contribution is 7.80. The summed E-state index contributed by atoms with van der Waals surface area (Å²) in [6.45, 7) is 0. The molecule has 4 aromatic rings. The normalized spacial score (nSPS) is 11.3. The predicted molar refractivity (Wildman–Crippen MR) is 133 cm³/mol. The lowest BCUT2D eigenvalue weighted by molar-refractivity contribution is -0.137. The third-order valence-electron chi connectivity index (χ3n) is 5.27. The summed E-state index contributed by atoms with van der Waals surface area (Å²) in [4.78, 5) is 19.0. The van der Waals surface area contributed by atoms with E-state index in [-0.39, 0.29) is 10.8 Å². The molecule has 0 aliphatic rings. The standard InChI is InChI=1S/C25H21F3N4O2S/c1-34-23(33)21-12-17-10-16(14-29-22(17)32-21)9-8-15-4-2-6-19(11-15)30-24(35)31-20-7-3-5-18(13-20)25(26,27)28/h2-7,10-14H,8-9H2,1H3,(H,29,32)(H2,30,31,35).